The number of aromatic nitrogens is 1. The summed E-state index contributed by atoms with van der Waals surface area (Å²) in [5.74, 6) is 0.437. The van der Waals surface area contributed by atoms with Crippen LogP contribution in [0.3, 0.4) is 0 Å². The highest BCUT2D eigenvalue weighted by molar-refractivity contribution is 5.85. The minimum absolute atomic E-state index is 0.108. The molecule has 1 aliphatic rings. The highest BCUT2D eigenvalue weighted by Crippen LogP contribution is 2.32. The van der Waals surface area contributed by atoms with E-state index in [0.29, 0.717) is 5.92 Å². The van der Waals surface area contributed by atoms with E-state index in [9.17, 15) is 5.11 Å². The SMILES string of the molecule is Cc1ccc2[nH]c(C)c(CC3CCCCC3O)c2c1. The minimum Gasteiger partial charge on any atom is -0.393 e. The van der Waals surface area contributed by atoms with Gasteiger partial charge in [0, 0.05) is 16.6 Å². The highest BCUT2D eigenvalue weighted by Gasteiger charge is 2.24. The first kappa shape index (κ1) is 12.7. The Hall–Kier alpha value is -1.28. The van der Waals surface area contributed by atoms with Gasteiger partial charge in [-0.3, -0.25) is 0 Å². The van der Waals surface area contributed by atoms with Gasteiger partial charge in [-0.1, -0.05) is 24.5 Å². The van der Waals surface area contributed by atoms with Crippen molar-refractivity contribution in [1.29, 1.82) is 0 Å². The molecule has 0 saturated heterocycles. The van der Waals surface area contributed by atoms with Gasteiger partial charge >= 0.3 is 0 Å². The van der Waals surface area contributed by atoms with Crippen molar-refractivity contribution >= 4 is 10.9 Å². The molecule has 0 radical (unpaired) electrons. The van der Waals surface area contributed by atoms with Gasteiger partial charge in [-0.25, -0.2) is 0 Å². The molecular weight excluding hydrogens is 234 g/mol. The molecule has 19 heavy (non-hydrogen) atoms. The van der Waals surface area contributed by atoms with Gasteiger partial charge in [-0.05, 0) is 56.7 Å². The number of nitrogens with one attached hydrogen (secondary N) is 1. The molecule has 2 atom stereocenters. The zero-order valence-electron chi connectivity index (χ0n) is 11.9. The Balaban J connectivity index is 1.95. The van der Waals surface area contributed by atoms with Crippen LogP contribution in [-0.4, -0.2) is 16.2 Å². The second kappa shape index (κ2) is 5.01. The lowest BCUT2D eigenvalue weighted by Crippen LogP contribution is -2.26. The standard InChI is InChI=1S/C17H23NO/c1-11-7-8-16-15(9-11)14(12(2)18-16)10-13-5-3-4-6-17(13)19/h7-9,13,17-19H,3-6,10H2,1-2H3. The van der Waals surface area contributed by atoms with Crippen molar-refractivity contribution in [3.63, 3.8) is 0 Å². The largest absolute Gasteiger partial charge is 0.393 e. The number of rotatable bonds is 2. The van der Waals surface area contributed by atoms with Gasteiger partial charge in [0.25, 0.3) is 0 Å². The van der Waals surface area contributed by atoms with E-state index in [0.717, 1.165) is 12.8 Å². The third-order valence-corrected chi connectivity index (χ3v) is 4.61. The molecule has 1 aromatic heterocycles. The predicted molar refractivity (Wildman–Crippen MR) is 79.4 cm³/mol. The lowest BCUT2D eigenvalue weighted by molar-refractivity contribution is 0.0701. The Bertz CT molecular complexity index is 584. The summed E-state index contributed by atoms with van der Waals surface area (Å²) in [6, 6.07) is 6.58. The number of aliphatic hydroxyl groups excluding tert-OH is 1. The first-order valence-electron chi connectivity index (χ1n) is 7.41. The summed E-state index contributed by atoms with van der Waals surface area (Å²) in [5, 5.41) is 11.5. The van der Waals surface area contributed by atoms with E-state index in [1.54, 1.807) is 0 Å². The van der Waals surface area contributed by atoms with Crippen LogP contribution in [0.2, 0.25) is 0 Å². The number of hydrogen-bond donors (Lipinski definition) is 2. The summed E-state index contributed by atoms with van der Waals surface area (Å²) in [5.41, 5.74) is 5.20. The molecule has 0 aliphatic heterocycles. The van der Waals surface area contributed by atoms with Crippen LogP contribution < -0.4 is 0 Å². The Morgan fingerprint density at radius 2 is 2.00 bits per heavy atom. The molecule has 2 unspecified atom stereocenters. The van der Waals surface area contributed by atoms with Crippen molar-refractivity contribution in [2.45, 2.75) is 52.1 Å². The van der Waals surface area contributed by atoms with Gasteiger partial charge in [0.1, 0.15) is 0 Å². The van der Waals surface area contributed by atoms with E-state index in [2.05, 4.69) is 37.0 Å². The Labute approximate surface area is 114 Å². The molecule has 2 aromatic rings. The third-order valence-electron chi connectivity index (χ3n) is 4.61. The first-order chi connectivity index (χ1) is 9.15. The number of fused-ring (bicyclic) bond motifs is 1. The molecule has 1 saturated carbocycles. The zero-order chi connectivity index (χ0) is 13.4. The molecule has 0 bridgehead atoms. The van der Waals surface area contributed by atoms with Crippen LogP contribution in [0.15, 0.2) is 18.2 Å². The van der Waals surface area contributed by atoms with Crippen molar-refractivity contribution in [1.82, 2.24) is 4.98 Å². The molecule has 0 amide bonds. The Kier molecular flexibility index (Phi) is 3.36. The fourth-order valence-corrected chi connectivity index (χ4v) is 3.45. The highest BCUT2D eigenvalue weighted by atomic mass is 16.3. The molecule has 3 rings (SSSR count). The van der Waals surface area contributed by atoms with Gasteiger partial charge < -0.3 is 10.1 Å². The normalized spacial score (nSPS) is 23.9. The van der Waals surface area contributed by atoms with Crippen molar-refractivity contribution < 1.29 is 5.11 Å². The van der Waals surface area contributed by atoms with Crippen LogP contribution in [0.1, 0.15) is 42.5 Å². The lowest BCUT2D eigenvalue weighted by Gasteiger charge is -2.27. The summed E-state index contributed by atoms with van der Waals surface area (Å²) >= 11 is 0. The topological polar surface area (TPSA) is 36.0 Å². The quantitative estimate of drug-likeness (QED) is 0.841. The maximum absolute atomic E-state index is 10.2. The van der Waals surface area contributed by atoms with E-state index in [-0.39, 0.29) is 6.10 Å². The predicted octanol–water partition coefficient (Wildman–Crippen LogP) is 3.88. The van der Waals surface area contributed by atoms with Crippen molar-refractivity contribution in [2.75, 3.05) is 0 Å². The number of aromatic amines is 1. The number of aryl methyl sites for hydroxylation is 2. The molecule has 1 fully saturated rings. The maximum atomic E-state index is 10.2. The van der Waals surface area contributed by atoms with Gasteiger partial charge in [0.05, 0.1) is 6.10 Å². The second-order valence-electron chi connectivity index (χ2n) is 6.09. The average molecular weight is 257 g/mol. The maximum Gasteiger partial charge on any atom is 0.0571 e. The number of aliphatic hydroxyl groups is 1. The summed E-state index contributed by atoms with van der Waals surface area (Å²) in [6.07, 6.45) is 5.50. The molecule has 1 aromatic carbocycles. The molecule has 2 nitrogen and oxygen atoms in total. The van der Waals surface area contributed by atoms with Crippen molar-refractivity contribution in [3.8, 4) is 0 Å². The number of benzene rings is 1. The fourth-order valence-electron chi connectivity index (χ4n) is 3.45. The summed E-state index contributed by atoms with van der Waals surface area (Å²) in [7, 11) is 0. The summed E-state index contributed by atoms with van der Waals surface area (Å²) < 4.78 is 0. The lowest BCUT2D eigenvalue weighted by atomic mass is 9.82. The smallest absolute Gasteiger partial charge is 0.0571 e. The van der Waals surface area contributed by atoms with E-state index >= 15 is 0 Å². The molecule has 1 heterocycles. The first-order valence-corrected chi connectivity index (χ1v) is 7.41. The van der Waals surface area contributed by atoms with Crippen LogP contribution >= 0.6 is 0 Å². The molecule has 0 spiro atoms. The van der Waals surface area contributed by atoms with Crippen molar-refractivity contribution in [2.24, 2.45) is 5.92 Å². The third kappa shape index (κ3) is 2.42. The summed E-state index contributed by atoms with van der Waals surface area (Å²) in [4.78, 5) is 3.48. The van der Waals surface area contributed by atoms with Crippen LogP contribution in [0.25, 0.3) is 10.9 Å². The van der Waals surface area contributed by atoms with Crippen LogP contribution in [0.5, 0.6) is 0 Å². The molecule has 102 valence electrons. The van der Waals surface area contributed by atoms with Crippen molar-refractivity contribution in [3.05, 3.63) is 35.0 Å². The minimum atomic E-state index is -0.108. The van der Waals surface area contributed by atoms with Gasteiger partial charge in [0.15, 0.2) is 0 Å². The molecule has 1 aliphatic carbocycles. The second-order valence-corrected chi connectivity index (χ2v) is 6.09. The van der Waals surface area contributed by atoms with E-state index in [4.69, 9.17) is 0 Å². The van der Waals surface area contributed by atoms with E-state index in [1.165, 1.54) is 47.0 Å². The number of H-pyrrole nitrogens is 1. The van der Waals surface area contributed by atoms with Gasteiger partial charge in [0.2, 0.25) is 0 Å². The zero-order valence-corrected chi connectivity index (χ0v) is 11.9. The van der Waals surface area contributed by atoms with E-state index in [1.807, 2.05) is 0 Å². The molecule has 2 N–H and O–H groups in total. The summed E-state index contributed by atoms with van der Waals surface area (Å²) in [6.45, 7) is 4.29. The Morgan fingerprint density at radius 3 is 2.79 bits per heavy atom. The van der Waals surface area contributed by atoms with E-state index < -0.39 is 0 Å². The van der Waals surface area contributed by atoms with Crippen LogP contribution in [0, 0.1) is 19.8 Å². The van der Waals surface area contributed by atoms with Gasteiger partial charge in [-0.2, -0.15) is 0 Å². The molecule has 2 heteroatoms. The van der Waals surface area contributed by atoms with Crippen LogP contribution in [-0.2, 0) is 6.42 Å². The van der Waals surface area contributed by atoms with Crippen LogP contribution in [0.4, 0.5) is 0 Å². The van der Waals surface area contributed by atoms with Gasteiger partial charge in [-0.15, -0.1) is 0 Å². The number of hydrogen-bond acceptors (Lipinski definition) is 1. The average Bonchev–Trinajstić information content (AvgIpc) is 2.69. The monoisotopic (exact) mass is 257 g/mol. The Morgan fingerprint density at radius 1 is 1.21 bits per heavy atom. The fraction of sp³-hybridized carbons (Fsp3) is 0.529. The molecular formula is C17H23NO.